The SMILES string of the molecule is Cc1cccc(C(CN)C2CCCO2)c1. The fraction of sp³-hybridized carbons (Fsp3) is 0.538. The second kappa shape index (κ2) is 4.77. The lowest BCUT2D eigenvalue weighted by Crippen LogP contribution is -2.25. The van der Waals surface area contributed by atoms with E-state index in [4.69, 9.17) is 10.5 Å². The van der Waals surface area contributed by atoms with Crippen molar-refractivity contribution >= 4 is 0 Å². The van der Waals surface area contributed by atoms with Crippen LogP contribution < -0.4 is 5.73 Å². The molecule has 2 atom stereocenters. The molecular weight excluding hydrogens is 186 g/mol. The molecule has 1 fully saturated rings. The molecule has 82 valence electrons. The van der Waals surface area contributed by atoms with Crippen LogP contribution in [-0.4, -0.2) is 19.3 Å². The first kappa shape index (κ1) is 10.7. The average molecular weight is 205 g/mol. The molecule has 0 amide bonds. The maximum Gasteiger partial charge on any atom is 0.0656 e. The normalized spacial score (nSPS) is 22.9. The summed E-state index contributed by atoms with van der Waals surface area (Å²) in [6, 6.07) is 8.60. The zero-order chi connectivity index (χ0) is 10.7. The highest BCUT2D eigenvalue weighted by Gasteiger charge is 2.25. The number of benzene rings is 1. The van der Waals surface area contributed by atoms with Crippen LogP contribution >= 0.6 is 0 Å². The Kier molecular flexibility index (Phi) is 3.39. The summed E-state index contributed by atoms with van der Waals surface area (Å²) in [6.45, 7) is 3.69. The van der Waals surface area contributed by atoms with Crippen molar-refractivity contribution in [2.75, 3.05) is 13.2 Å². The molecule has 0 spiro atoms. The second-order valence-corrected chi connectivity index (χ2v) is 4.31. The number of rotatable bonds is 3. The Morgan fingerprint density at radius 1 is 1.53 bits per heavy atom. The van der Waals surface area contributed by atoms with Gasteiger partial charge in [-0.3, -0.25) is 0 Å². The van der Waals surface area contributed by atoms with Gasteiger partial charge in [0.05, 0.1) is 6.10 Å². The van der Waals surface area contributed by atoms with E-state index in [0.717, 1.165) is 13.0 Å². The van der Waals surface area contributed by atoms with E-state index < -0.39 is 0 Å². The van der Waals surface area contributed by atoms with Crippen LogP contribution in [0.2, 0.25) is 0 Å². The molecule has 0 bridgehead atoms. The van der Waals surface area contributed by atoms with Crippen molar-refractivity contribution < 1.29 is 4.74 Å². The van der Waals surface area contributed by atoms with Crippen LogP contribution in [0, 0.1) is 6.92 Å². The average Bonchev–Trinajstić information content (AvgIpc) is 2.72. The summed E-state index contributed by atoms with van der Waals surface area (Å²) in [5.41, 5.74) is 8.47. The molecule has 1 saturated heterocycles. The first-order chi connectivity index (χ1) is 7.31. The molecule has 0 saturated carbocycles. The van der Waals surface area contributed by atoms with Gasteiger partial charge in [-0.05, 0) is 25.3 Å². The molecule has 1 aromatic rings. The predicted octanol–water partition coefficient (Wildman–Crippen LogP) is 2.22. The zero-order valence-electron chi connectivity index (χ0n) is 9.28. The fourth-order valence-electron chi connectivity index (χ4n) is 2.32. The van der Waals surface area contributed by atoms with Crippen LogP contribution in [0.5, 0.6) is 0 Å². The monoisotopic (exact) mass is 205 g/mol. The molecule has 0 radical (unpaired) electrons. The summed E-state index contributed by atoms with van der Waals surface area (Å²) < 4.78 is 5.72. The van der Waals surface area contributed by atoms with Gasteiger partial charge in [0.15, 0.2) is 0 Å². The quantitative estimate of drug-likeness (QED) is 0.821. The van der Waals surface area contributed by atoms with E-state index >= 15 is 0 Å². The van der Waals surface area contributed by atoms with Gasteiger partial charge in [-0.25, -0.2) is 0 Å². The minimum atomic E-state index is 0.330. The highest BCUT2D eigenvalue weighted by Crippen LogP contribution is 2.28. The Labute approximate surface area is 91.4 Å². The van der Waals surface area contributed by atoms with Gasteiger partial charge in [0.1, 0.15) is 0 Å². The van der Waals surface area contributed by atoms with E-state index in [-0.39, 0.29) is 0 Å². The van der Waals surface area contributed by atoms with Gasteiger partial charge in [0.25, 0.3) is 0 Å². The van der Waals surface area contributed by atoms with E-state index in [2.05, 4.69) is 31.2 Å². The Balaban J connectivity index is 2.18. The molecule has 1 aliphatic rings. The molecule has 2 unspecified atom stereocenters. The molecule has 1 aliphatic heterocycles. The summed E-state index contributed by atoms with van der Waals surface area (Å²) >= 11 is 0. The molecule has 1 heterocycles. The molecular formula is C13H19NO. The van der Waals surface area contributed by atoms with Crippen molar-refractivity contribution in [2.45, 2.75) is 31.8 Å². The van der Waals surface area contributed by atoms with Crippen molar-refractivity contribution in [3.8, 4) is 0 Å². The Morgan fingerprint density at radius 2 is 2.40 bits per heavy atom. The lowest BCUT2D eigenvalue weighted by molar-refractivity contribution is 0.0905. The van der Waals surface area contributed by atoms with E-state index in [1.165, 1.54) is 17.5 Å². The van der Waals surface area contributed by atoms with E-state index in [9.17, 15) is 0 Å². The van der Waals surface area contributed by atoms with Gasteiger partial charge in [0, 0.05) is 19.1 Å². The molecule has 0 aromatic heterocycles. The maximum atomic E-state index is 5.85. The lowest BCUT2D eigenvalue weighted by Gasteiger charge is -2.22. The van der Waals surface area contributed by atoms with Gasteiger partial charge in [0.2, 0.25) is 0 Å². The highest BCUT2D eigenvalue weighted by molar-refractivity contribution is 5.26. The van der Waals surface area contributed by atoms with Gasteiger partial charge in [-0.2, -0.15) is 0 Å². The highest BCUT2D eigenvalue weighted by atomic mass is 16.5. The number of hydrogen-bond donors (Lipinski definition) is 1. The third-order valence-corrected chi connectivity index (χ3v) is 3.14. The van der Waals surface area contributed by atoms with Gasteiger partial charge in [-0.1, -0.05) is 29.8 Å². The van der Waals surface area contributed by atoms with Crippen molar-refractivity contribution in [1.29, 1.82) is 0 Å². The Bertz CT molecular complexity index is 318. The van der Waals surface area contributed by atoms with Crippen molar-refractivity contribution in [1.82, 2.24) is 0 Å². The van der Waals surface area contributed by atoms with Crippen LogP contribution in [0.3, 0.4) is 0 Å². The van der Waals surface area contributed by atoms with Crippen LogP contribution in [0.25, 0.3) is 0 Å². The van der Waals surface area contributed by atoms with Gasteiger partial charge >= 0.3 is 0 Å². The van der Waals surface area contributed by atoms with Crippen LogP contribution in [0.1, 0.15) is 29.9 Å². The summed E-state index contributed by atoms with van der Waals surface area (Å²) in [7, 11) is 0. The maximum absolute atomic E-state index is 5.85. The molecule has 2 heteroatoms. The van der Waals surface area contributed by atoms with E-state index in [0.29, 0.717) is 18.6 Å². The predicted molar refractivity (Wildman–Crippen MR) is 61.9 cm³/mol. The zero-order valence-corrected chi connectivity index (χ0v) is 9.28. The van der Waals surface area contributed by atoms with Crippen LogP contribution in [0.4, 0.5) is 0 Å². The second-order valence-electron chi connectivity index (χ2n) is 4.31. The Morgan fingerprint density at radius 3 is 3.00 bits per heavy atom. The minimum absolute atomic E-state index is 0.330. The van der Waals surface area contributed by atoms with E-state index in [1.807, 2.05) is 0 Å². The molecule has 0 aliphatic carbocycles. The smallest absolute Gasteiger partial charge is 0.0656 e. The number of aryl methyl sites for hydroxylation is 1. The fourth-order valence-corrected chi connectivity index (χ4v) is 2.32. The number of hydrogen-bond acceptors (Lipinski definition) is 2. The first-order valence-electron chi connectivity index (χ1n) is 5.69. The van der Waals surface area contributed by atoms with Crippen molar-refractivity contribution in [2.24, 2.45) is 5.73 Å². The lowest BCUT2D eigenvalue weighted by atomic mass is 9.91. The first-order valence-corrected chi connectivity index (χ1v) is 5.69. The molecule has 2 nitrogen and oxygen atoms in total. The van der Waals surface area contributed by atoms with Crippen LogP contribution in [0.15, 0.2) is 24.3 Å². The summed E-state index contributed by atoms with van der Waals surface area (Å²) in [5, 5.41) is 0. The van der Waals surface area contributed by atoms with Crippen molar-refractivity contribution in [3.05, 3.63) is 35.4 Å². The molecule has 2 N–H and O–H groups in total. The molecule has 1 aromatic carbocycles. The molecule has 15 heavy (non-hydrogen) atoms. The third kappa shape index (κ3) is 2.39. The third-order valence-electron chi connectivity index (χ3n) is 3.14. The number of ether oxygens (including phenoxy) is 1. The summed E-state index contributed by atoms with van der Waals surface area (Å²) in [6.07, 6.45) is 2.65. The number of nitrogens with two attached hydrogens (primary N) is 1. The standard InChI is InChI=1S/C13H19NO/c1-10-4-2-5-11(8-10)12(9-14)13-6-3-7-15-13/h2,4-5,8,12-13H,3,6-7,9,14H2,1H3. The topological polar surface area (TPSA) is 35.2 Å². The summed E-state index contributed by atoms with van der Waals surface area (Å²) in [4.78, 5) is 0. The van der Waals surface area contributed by atoms with Gasteiger partial charge < -0.3 is 10.5 Å². The van der Waals surface area contributed by atoms with E-state index in [1.54, 1.807) is 0 Å². The Hall–Kier alpha value is -0.860. The van der Waals surface area contributed by atoms with Crippen LogP contribution in [-0.2, 0) is 4.74 Å². The summed E-state index contributed by atoms with van der Waals surface area (Å²) in [5.74, 6) is 0.368. The van der Waals surface area contributed by atoms with Gasteiger partial charge in [-0.15, -0.1) is 0 Å². The van der Waals surface area contributed by atoms with Crippen molar-refractivity contribution in [3.63, 3.8) is 0 Å². The largest absolute Gasteiger partial charge is 0.378 e. The minimum Gasteiger partial charge on any atom is -0.378 e. The molecule has 2 rings (SSSR count).